The maximum atomic E-state index is 13.4. The molecule has 0 bridgehead atoms. The number of tetrazole rings is 1. The number of fused-ring (bicyclic) bond motifs is 5. The average molecular weight is 415 g/mol. The van der Waals surface area contributed by atoms with Gasteiger partial charge in [0.25, 0.3) is 0 Å². The maximum absolute atomic E-state index is 13.4. The molecular weight excluding hydrogens is 376 g/mol. The Morgan fingerprint density at radius 2 is 1.83 bits per heavy atom. The Bertz CT molecular complexity index is 809. The first-order valence-corrected chi connectivity index (χ1v) is 12.3. The first-order valence-electron chi connectivity index (χ1n) is 12.3. The number of carbonyl (C=O) groups excluding carboxylic acids is 1. The number of nitrogens with zero attached hydrogens (tertiary/aromatic N) is 4. The molecule has 0 radical (unpaired) electrons. The third kappa shape index (κ3) is 3.16. The van der Waals surface area contributed by atoms with Crippen LogP contribution in [0.5, 0.6) is 0 Å². The second-order valence-electron chi connectivity index (χ2n) is 11.4. The molecule has 0 spiro atoms. The first-order chi connectivity index (χ1) is 14.3. The molecule has 1 N–H and O–H groups in total. The van der Waals surface area contributed by atoms with Gasteiger partial charge in [0, 0.05) is 5.92 Å². The number of Topliss-reactive ketones (excluding diaryl/α,β-unsaturated/α-hetero) is 1. The third-order valence-electron chi connectivity index (χ3n) is 10.1. The molecule has 1 aromatic heterocycles. The molecule has 1 heterocycles. The Kier molecular flexibility index (Phi) is 5.07. The van der Waals surface area contributed by atoms with Crippen LogP contribution < -0.4 is 0 Å². The quantitative estimate of drug-likeness (QED) is 0.810. The molecule has 1 aromatic rings. The van der Waals surface area contributed by atoms with Crippen molar-refractivity contribution in [3.05, 3.63) is 5.82 Å². The Labute approximate surface area is 180 Å². The molecule has 0 saturated heterocycles. The maximum Gasteiger partial charge on any atom is 0.171 e. The lowest BCUT2D eigenvalue weighted by Crippen LogP contribution is -2.57. The predicted octanol–water partition coefficient (Wildman–Crippen LogP) is 3.96. The van der Waals surface area contributed by atoms with Crippen LogP contribution in [-0.4, -0.2) is 37.2 Å². The molecule has 0 unspecified atom stereocenters. The smallest absolute Gasteiger partial charge is 0.171 e. The number of aromatic nitrogens is 4. The number of hydrogen-bond acceptors (Lipinski definition) is 5. The summed E-state index contributed by atoms with van der Waals surface area (Å²) in [5, 5.41) is 22.5. The lowest BCUT2D eigenvalue weighted by Gasteiger charge is -2.63. The van der Waals surface area contributed by atoms with Crippen molar-refractivity contribution in [3.8, 4) is 0 Å². The second-order valence-corrected chi connectivity index (χ2v) is 11.4. The summed E-state index contributed by atoms with van der Waals surface area (Å²) in [4.78, 5) is 14.8. The van der Waals surface area contributed by atoms with Crippen LogP contribution in [0.15, 0.2) is 0 Å². The van der Waals surface area contributed by atoms with Crippen molar-refractivity contribution in [1.82, 2.24) is 20.2 Å². The molecule has 6 heteroatoms. The van der Waals surface area contributed by atoms with E-state index in [1.54, 1.807) is 0 Å². The zero-order valence-electron chi connectivity index (χ0n) is 18.9. The summed E-state index contributed by atoms with van der Waals surface area (Å²) in [5.74, 6) is 3.93. The molecule has 0 amide bonds. The fourth-order valence-electron chi connectivity index (χ4n) is 8.60. The van der Waals surface area contributed by atoms with Crippen molar-refractivity contribution < 1.29 is 9.90 Å². The molecule has 8 atom stereocenters. The van der Waals surface area contributed by atoms with Crippen LogP contribution in [0.1, 0.15) is 83.9 Å². The van der Waals surface area contributed by atoms with Gasteiger partial charge in [-0.1, -0.05) is 20.3 Å². The van der Waals surface area contributed by atoms with Gasteiger partial charge in [-0.3, -0.25) is 4.79 Å². The fraction of sp³-hybridized carbons (Fsp3) is 0.917. The lowest BCUT2D eigenvalue weighted by atomic mass is 9.41. The van der Waals surface area contributed by atoms with Crippen molar-refractivity contribution in [3.63, 3.8) is 0 Å². The number of aliphatic hydroxyl groups excluding tert-OH is 1. The van der Waals surface area contributed by atoms with E-state index in [0.29, 0.717) is 28.9 Å². The fourth-order valence-corrected chi connectivity index (χ4v) is 8.60. The van der Waals surface area contributed by atoms with E-state index in [2.05, 4.69) is 29.3 Å². The lowest BCUT2D eigenvalue weighted by molar-refractivity contribution is -0.160. The van der Waals surface area contributed by atoms with Gasteiger partial charge in [-0.25, -0.2) is 0 Å². The van der Waals surface area contributed by atoms with Crippen molar-refractivity contribution in [2.24, 2.45) is 40.4 Å². The molecule has 4 saturated carbocycles. The van der Waals surface area contributed by atoms with Gasteiger partial charge < -0.3 is 5.11 Å². The van der Waals surface area contributed by atoms with Crippen LogP contribution in [0.25, 0.3) is 0 Å². The third-order valence-corrected chi connectivity index (χ3v) is 10.1. The molecule has 4 aliphatic rings. The van der Waals surface area contributed by atoms with E-state index >= 15 is 0 Å². The topological polar surface area (TPSA) is 80.9 Å². The standard InChI is InChI=1S/C24H38N4O2/c1-15-25-27-28(26-15)14-22(30)21-6-4-5-19-18-8-7-16-13-17(29)9-11-23(16,2)20(18)10-12-24(19,21)3/h16-21,29H,4-14H2,1-3H3/t16-,17+,18-,19-,20-,21+,23-,24-/m0/s1. The molecule has 4 aliphatic carbocycles. The zero-order valence-corrected chi connectivity index (χ0v) is 18.9. The minimum atomic E-state index is -0.0841. The highest BCUT2D eigenvalue weighted by atomic mass is 16.3. The largest absolute Gasteiger partial charge is 0.393 e. The van der Waals surface area contributed by atoms with Gasteiger partial charge in [-0.2, -0.15) is 4.80 Å². The molecule has 166 valence electrons. The highest BCUT2D eigenvalue weighted by molar-refractivity contribution is 5.81. The van der Waals surface area contributed by atoms with E-state index < -0.39 is 0 Å². The summed E-state index contributed by atoms with van der Waals surface area (Å²) in [6.45, 7) is 7.04. The molecule has 0 aliphatic heterocycles. The van der Waals surface area contributed by atoms with Crippen LogP contribution in [-0.2, 0) is 11.3 Å². The summed E-state index contributed by atoms with van der Waals surface area (Å²) >= 11 is 0. The first kappa shape index (κ1) is 20.6. The van der Waals surface area contributed by atoms with Crippen LogP contribution in [0.4, 0.5) is 0 Å². The van der Waals surface area contributed by atoms with Gasteiger partial charge in [-0.05, 0) is 104 Å². The molecule has 6 nitrogen and oxygen atoms in total. The minimum Gasteiger partial charge on any atom is -0.393 e. The van der Waals surface area contributed by atoms with Crippen molar-refractivity contribution >= 4 is 5.78 Å². The average Bonchev–Trinajstić information content (AvgIpc) is 3.11. The van der Waals surface area contributed by atoms with E-state index in [9.17, 15) is 9.90 Å². The number of rotatable bonds is 3. The Morgan fingerprint density at radius 3 is 2.60 bits per heavy atom. The second kappa shape index (κ2) is 7.39. The Hall–Kier alpha value is -1.30. The highest BCUT2D eigenvalue weighted by Crippen LogP contribution is 2.66. The summed E-state index contributed by atoms with van der Waals surface area (Å²) in [5.41, 5.74) is 0.506. The molecular formula is C24H38N4O2. The van der Waals surface area contributed by atoms with E-state index in [-0.39, 0.29) is 24.0 Å². The number of aliphatic hydroxyl groups is 1. The highest BCUT2D eigenvalue weighted by Gasteiger charge is 2.59. The van der Waals surface area contributed by atoms with Crippen LogP contribution in [0, 0.1) is 47.3 Å². The van der Waals surface area contributed by atoms with Gasteiger partial charge in [0.2, 0.25) is 0 Å². The van der Waals surface area contributed by atoms with Gasteiger partial charge in [0.05, 0.1) is 6.10 Å². The number of aryl methyl sites for hydroxylation is 1. The number of hydrogen-bond donors (Lipinski definition) is 1. The van der Waals surface area contributed by atoms with Gasteiger partial charge in [-0.15, -0.1) is 10.2 Å². The Morgan fingerprint density at radius 1 is 1.07 bits per heavy atom. The molecule has 5 rings (SSSR count). The van der Waals surface area contributed by atoms with Crippen molar-refractivity contribution in [1.29, 1.82) is 0 Å². The molecule has 0 aromatic carbocycles. The Balaban J connectivity index is 1.37. The van der Waals surface area contributed by atoms with Crippen LogP contribution in [0.3, 0.4) is 0 Å². The van der Waals surface area contributed by atoms with Crippen LogP contribution >= 0.6 is 0 Å². The number of ketones is 1. The summed E-state index contributed by atoms with van der Waals surface area (Å²) < 4.78 is 0. The van der Waals surface area contributed by atoms with Crippen molar-refractivity contribution in [2.75, 3.05) is 0 Å². The SMILES string of the molecule is Cc1nnn(CC(=O)[C@H]2CCC[C@H]3[C@@H]4CC[C@H]5C[C@H](O)CC[C@]5(C)[C@H]4CC[C@]23C)n1. The normalized spacial score (nSPS) is 45.9. The van der Waals surface area contributed by atoms with E-state index in [4.69, 9.17) is 0 Å². The predicted molar refractivity (Wildman–Crippen MR) is 113 cm³/mol. The van der Waals surface area contributed by atoms with Crippen molar-refractivity contribution in [2.45, 2.75) is 97.6 Å². The monoisotopic (exact) mass is 414 g/mol. The van der Waals surface area contributed by atoms with Gasteiger partial charge in [0.15, 0.2) is 11.6 Å². The van der Waals surface area contributed by atoms with Gasteiger partial charge in [0.1, 0.15) is 6.54 Å². The number of carbonyl (C=O) groups is 1. The van der Waals surface area contributed by atoms with Crippen LogP contribution in [0.2, 0.25) is 0 Å². The minimum absolute atomic E-state index is 0.0841. The van der Waals surface area contributed by atoms with Gasteiger partial charge >= 0.3 is 0 Å². The summed E-state index contributed by atoms with van der Waals surface area (Å²) in [7, 11) is 0. The summed E-state index contributed by atoms with van der Waals surface area (Å²) in [6.07, 6.45) is 11.5. The van der Waals surface area contributed by atoms with E-state index in [0.717, 1.165) is 31.1 Å². The van der Waals surface area contributed by atoms with E-state index in [1.165, 1.54) is 49.7 Å². The molecule has 30 heavy (non-hydrogen) atoms. The molecule has 4 fully saturated rings. The van der Waals surface area contributed by atoms with E-state index in [1.807, 2.05) is 6.92 Å². The zero-order chi connectivity index (χ0) is 21.1. The summed E-state index contributed by atoms with van der Waals surface area (Å²) in [6, 6.07) is 0.